The molecule has 0 unspecified atom stereocenters. The molecule has 1 aliphatic rings. The van der Waals surface area contributed by atoms with Crippen molar-refractivity contribution in [3.8, 4) is 0 Å². The average molecular weight is 466 g/mol. The zero-order chi connectivity index (χ0) is 18.5. The van der Waals surface area contributed by atoms with Crippen molar-refractivity contribution in [1.82, 2.24) is 10.6 Å². The number of carbonyl (C=O) groups is 2. The summed E-state index contributed by atoms with van der Waals surface area (Å²) in [5, 5.41) is 5.92. The van der Waals surface area contributed by atoms with Crippen LogP contribution in [0.4, 0.5) is 4.39 Å². The predicted molar refractivity (Wildman–Crippen MR) is 107 cm³/mol. The van der Waals surface area contributed by atoms with Gasteiger partial charge in [-0.15, -0.1) is 0 Å². The molecule has 1 aliphatic carbocycles. The lowest BCUT2D eigenvalue weighted by atomic mass is 9.89. The van der Waals surface area contributed by atoms with Crippen LogP contribution in [0, 0.1) is 9.39 Å². The van der Waals surface area contributed by atoms with Gasteiger partial charge in [0.1, 0.15) is 5.82 Å². The number of hydrogen-bond donors (Lipinski definition) is 2. The summed E-state index contributed by atoms with van der Waals surface area (Å²) in [6, 6.07) is 13.2. The van der Waals surface area contributed by atoms with Gasteiger partial charge in [-0.25, -0.2) is 4.39 Å². The molecular formula is C20H20FIN2O2. The first kappa shape index (κ1) is 18.8. The van der Waals surface area contributed by atoms with Gasteiger partial charge in [-0.1, -0.05) is 31.0 Å². The molecule has 2 atom stereocenters. The van der Waals surface area contributed by atoms with E-state index < -0.39 is 11.7 Å². The van der Waals surface area contributed by atoms with Crippen LogP contribution in [-0.2, 0) is 0 Å². The normalized spacial score (nSPS) is 19.6. The second-order valence-corrected chi connectivity index (χ2v) is 7.68. The second-order valence-electron chi connectivity index (χ2n) is 6.43. The van der Waals surface area contributed by atoms with E-state index >= 15 is 0 Å². The van der Waals surface area contributed by atoms with Crippen LogP contribution in [0.5, 0.6) is 0 Å². The van der Waals surface area contributed by atoms with Crippen LogP contribution in [0.15, 0.2) is 48.5 Å². The third-order valence-electron chi connectivity index (χ3n) is 4.61. The predicted octanol–water partition coefficient (Wildman–Crippen LogP) is 3.90. The fourth-order valence-electron chi connectivity index (χ4n) is 3.24. The molecule has 2 aromatic carbocycles. The van der Waals surface area contributed by atoms with Crippen LogP contribution in [0.25, 0.3) is 0 Å². The molecule has 1 saturated carbocycles. The number of nitrogens with one attached hydrogen (secondary N) is 2. The van der Waals surface area contributed by atoms with E-state index in [-0.39, 0.29) is 23.6 Å². The van der Waals surface area contributed by atoms with E-state index in [0.29, 0.717) is 5.56 Å². The van der Waals surface area contributed by atoms with Crippen LogP contribution in [0.3, 0.4) is 0 Å². The highest BCUT2D eigenvalue weighted by Gasteiger charge is 2.29. The summed E-state index contributed by atoms with van der Waals surface area (Å²) < 4.78 is 14.8. The fourth-order valence-corrected chi connectivity index (χ4v) is 3.69. The molecule has 0 aliphatic heterocycles. The molecule has 136 valence electrons. The Hall–Kier alpha value is -1.96. The molecular weight excluding hydrogens is 446 g/mol. The highest BCUT2D eigenvalue weighted by Crippen LogP contribution is 2.20. The maximum absolute atomic E-state index is 14.0. The Labute approximate surface area is 165 Å². The van der Waals surface area contributed by atoms with Gasteiger partial charge in [0.05, 0.1) is 5.56 Å². The first-order valence-electron chi connectivity index (χ1n) is 8.66. The van der Waals surface area contributed by atoms with Crippen LogP contribution in [0.2, 0.25) is 0 Å². The standard InChI is InChI=1S/C20H20FIN2O2/c21-16-12-14(22)10-11-15(16)20(26)24-18-9-5-4-8-17(18)23-19(25)13-6-2-1-3-7-13/h1-3,6-7,10-12,17-18H,4-5,8-9H2,(H,23,25)(H,24,26)/t17-,18-/m1/s1. The van der Waals surface area contributed by atoms with E-state index in [9.17, 15) is 14.0 Å². The van der Waals surface area contributed by atoms with E-state index in [0.717, 1.165) is 29.3 Å². The van der Waals surface area contributed by atoms with Crippen molar-refractivity contribution >= 4 is 34.4 Å². The van der Waals surface area contributed by atoms with Crippen LogP contribution in [-0.4, -0.2) is 23.9 Å². The molecule has 0 spiro atoms. The summed E-state index contributed by atoms with van der Waals surface area (Å²) in [6.07, 6.45) is 3.51. The van der Waals surface area contributed by atoms with Crippen molar-refractivity contribution in [2.75, 3.05) is 0 Å². The highest BCUT2D eigenvalue weighted by atomic mass is 127. The summed E-state index contributed by atoms with van der Waals surface area (Å²) in [5.41, 5.74) is 0.621. The van der Waals surface area contributed by atoms with Gasteiger partial charge < -0.3 is 10.6 Å². The Morgan fingerprint density at radius 1 is 0.923 bits per heavy atom. The minimum absolute atomic E-state index is 0.0316. The molecule has 2 N–H and O–H groups in total. The van der Waals surface area contributed by atoms with Gasteiger partial charge in [-0.05, 0) is 65.8 Å². The third-order valence-corrected chi connectivity index (χ3v) is 5.28. The smallest absolute Gasteiger partial charge is 0.254 e. The zero-order valence-electron chi connectivity index (χ0n) is 14.2. The fraction of sp³-hybridized carbons (Fsp3) is 0.300. The molecule has 3 rings (SSSR count). The molecule has 4 nitrogen and oxygen atoms in total. The van der Waals surface area contributed by atoms with Gasteiger partial charge in [-0.2, -0.15) is 0 Å². The molecule has 1 fully saturated rings. The van der Waals surface area contributed by atoms with E-state index in [2.05, 4.69) is 10.6 Å². The number of hydrogen-bond acceptors (Lipinski definition) is 2. The minimum Gasteiger partial charge on any atom is -0.347 e. The van der Waals surface area contributed by atoms with E-state index in [1.54, 1.807) is 18.2 Å². The van der Waals surface area contributed by atoms with Crippen molar-refractivity contribution in [2.24, 2.45) is 0 Å². The van der Waals surface area contributed by atoms with E-state index in [4.69, 9.17) is 0 Å². The first-order valence-corrected chi connectivity index (χ1v) is 9.74. The van der Waals surface area contributed by atoms with Gasteiger partial charge in [0.25, 0.3) is 11.8 Å². The van der Waals surface area contributed by atoms with Crippen molar-refractivity contribution in [3.05, 3.63) is 69.0 Å². The Morgan fingerprint density at radius 2 is 1.54 bits per heavy atom. The van der Waals surface area contributed by atoms with E-state index in [1.807, 2.05) is 40.8 Å². The Bertz CT molecular complexity index is 798. The quantitative estimate of drug-likeness (QED) is 0.672. The molecule has 0 radical (unpaired) electrons. The molecule has 0 bridgehead atoms. The van der Waals surface area contributed by atoms with Crippen molar-refractivity contribution < 1.29 is 14.0 Å². The van der Waals surface area contributed by atoms with Crippen molar-refractivity contribution in [2.45, 2.75) is 37.8 Å². The molecule has 6 heteroatoms. The first-order chi connectivity index (χ1) is 12.5. The van der Waals surface area contributed by atoms with Crippen LogP contribution >= 0.6 is 22.6 Å². The van der Waals surface area contributed by atoms with Gasteiger partial charge in [-0.3, -0.25) is 9.59 Å². The SMILES string of the molecule is O=C(N[C@@H]1CCCC[C@H]1NC(=O)c1ccc(I)cc1F)c1ccccc1. The molecule has 2 aromatic rings. The largest absolute Gasteiger partial charge is 0.347 e. The van der Waals surface area contributed by atoms with Crippen molar-refractivity contribution in [3.63, 3.8) is 0 Å². The summed E-state index contributed by atoms with van der Waals surface area (Å²) in [6.45, 7) is 0. The third kappa shape index (κ3) is 4.60. The van der Waals surface area contributed by atoms with Crippen molar-refractivity contribution in [1.29, 1.82) is 0 Å². The molecule has 0 saturated heterocycles. The Morgan fingerprint density at radius 3 is 2.15 bits per heavy atom. The van der Waals surface area contributed by atoms with E-state index in [1.165, 1.54) is 12.1 Å². The number of amides is 2. The summed E-state index contributed by atoms with van der Waals surface area (Å²) in [4.78, 5) is 24.9. The molecule has 2 amide bonds. The maximum Gasteiger partial charge on any atom is 0.254 e. The highest BCUT2D eigenvalue weighted by molar-refractivity contribution is 14.1. The van der Waals surface area contributed by atoms with Gasteiger partial charge in [0.15, 0.2) is 0 Å². The molecule has 26 heavy (non-hydrogen) atoms. The molecule has 0 heterocycles. The second kappa shape index (κ2) is 8.62. The number of rotatable bonds is 4. The Kier molecular flexibility index (Phi) is 6.24. The minimum atomic E-state index is -0.532. The number of carbonyl (C=O) groups excluding carboxylic acids is 2. The average Bonchev–Trinajstić information content (AvgIpc) is 2.64. The maximum atomic E-state index is 14.0. The topological polar surface area (TPSA) is 58.2 Å². The summed E-state index contributed by atoms with van der Waals surface area (Å²) >= 11 is 2.00. The summed E-state index contributed by atoms with van der Waals surface area (Å²) in [7, 11) is 0. The van der Waals surface area contributed by atoms with Gasteiger partial charge in [0.2, 0.25) is 0 Å². The van der Waals surface area contributed by atoms with Gasteiger partial charge in [0, 0.05) is 21.2 Å². The Balaban J connectivity index is 1.68. The lowest BCUT2D eigenvalue weighted by Gasteiger charge is -2.33. The zero-order valence-corrected chi connectivity index (χ0v) is 16.3. The molecule has 0 aromatic heterocycles. The number of halogens is 2. The summed E-state index contributed by atoms with van der Waals surface area (Å²) in [5.74, 6) is -1.13. The lowest BCUT2D eigenvalue weighted by molar-refractivity contribution is 0.0860. The van der Waals surface area contributed by atoms with Crippen LogP contribution < -0.4 is 10.6 Å². The number of benzene rings is 2. The van der Waals surface area contributed by atoms with Crippen LogP contribution in [0.1, 0.15) is 46.4 Å². The lowest BCUT2D eigenvalue weighted by Crippen LogP contribution is -2.53. The van der Waals surface area contributed by atoms with Gasteiger partial charge >= 0.3 is 0 Å². The monoisotopic (exact) mass is 466 g/mol.